The van der Waals surface area contributed by atoms with E-state index in [4.69, 9.17) is 11.6 Å². The highest BCUT2D eigenvalue weighted by Gasteiger charge is 2.05. The highest BCUT2D eigenvalue weighted by molar-refractivity contribution is 6.30. The van der Waals surface area contributed by atoms with E-state index in [2.05, 4.69) is 21.4 Å². The van der Waals surface area contributed by atoms with Gasteiger partial charge in [0.05, 0.1) is 5.69 Å². The van der Waals surface area contributed by atoms with Crippen LogP contribution in [0.1, 0.15) is 17.0 Å². The minimum atomic E-state index is 0.789. The van der Waals surface area contributed by atoms with Crippen LogP contribution in [0.4, 0.5) is 5.95 Å². The molecule has 2 rings (SSSR count). The van der Waals surface area contributed by atoms with E-state index in [0.29, 0.717) is 0 Å². The third-order valence-electron chi connectivity index (χ3n) is 2.76. The zero-order valence-corrected chi connectivity index (χ0v) is 10.8. The molecule has 1 aromatic heterocycles. The summed E-state index contributed by atoms with van der Waals surface area (Å²) >= 11 is 5.95. The van der Waals surface area contributed by atoms with Gasteiger partial charge < -0.3 is 10.3 Å². The average molecular weight is 250 g/mol. The Morgan fingerprint density at radius 1 is 1.35 bits per heavy atom. The van der Waals surface area contributed by atoms with Crippen LogP contribution in [0.3, 0.4) is 0 Å². The first-order valence-electron chi connectivity index (χ1n) is 5.66. The number of H-pyrrole nitrogens is 1. The molecule has 90 valence electrons. The van der Waals surface area contributed by atoms with E-state index in [0.717, 1.165) is 35.2 Å². The summed E-state index contributed by atoms with van der Waals surface area (Å²) in [6, 6.07) is 7.97. The number of hydrogen-bond acceptors (Lipinski definition) is 2. The third-order valence-corrected chi connectivity index (χ3v) is 3.00. The van der Waals surface area contributed by atoms with Gasteiger partial charge in [-0.2, -0.15) is 0 Å². The average Bonchev–Trinajstić information content (AvgIpc) is 2.68. The van der Waals surface area contributed by atoms with Gasteiger partial charge in [-0.15, -0.1) is 0 Å². The summed E-state index contributed by atoms with van der Waals surface area (Å²) in [6.45, 7) is 2.04. The van der Waals surface area contributed by atoms with Crippen molar-refractivity contribution in [3.8, 4) is 0 Å². The number of nitrogens with zero attached hydrogens (tertiary/aromatic N) is 1. The molecule has 0 atom stereocenters. The van der Waals surface area contributed by atoms with Gasteiger partial charge in [0, 0.05) is 17.8 Å². The Morgan fingerprint density at radius 2 is 2.18 bits per heavy atom. The first-order chi connectivity index (χ1) is 8.19. The van der Waals surface area contributed by atoms with Gasteiger partial charge in [-0.1, -0.05) is 23.7 Å². The molecule has 4 heteroatoms. The fourth-order valence-electron chi connectivity index (χ4n) is 1.81. The number of hydrogen-bond donors (Lipinski definition) is 2. The van der Waals surface area contributed by atoms with E-state index in [1.54, 1.807) is 0 Å². The van der Waals surface area contributed by atoms with Crippen LogP contribution in [0.2, 0.25) is 5.02 Å². The normalized spacial score (nSPS) is 10.5. The Kier molecular flexibility index (Phi) is 3.69. The molecular weight excluding hydrogens is 234 g/mol. The van der Waals surface area contributed by atoms with Crippen molar-refractivity contribution in [1.82, 2.24) is 9.97 Å². The van der Waals surface area contributed by atoms with Gasteiger partial charge in [0.2, 0.25) is 0 Å². The molecule has 2 aromatic rings. The lowest BCUT2D eigenvalue weighted by Crippen LogP contribution is -1.94. The van der Waals surface area contributed by atoms with Gasteiger partial charge >= 0.3 is 0 Å². The Morgan fingerprint density at radius 3 is 2.82 bits per heavy atom. The topological polar surface area (TPSA) is 40.7 Å². The lowest BCUT2D eigenvalue weighted by molar-refractivity contribution is 0.914. The molecule has 3 nitrogen and oxygen atoms in total. The smallest absolute Gasteiger partial charge is 0.200 e. The summed E-state index contributed by atoms with van der Waals surface area (Å²) < 4.78 is 0. The Labute approximate surface area is 106 Å². The highest BCUT2D eigenvalue weighted by atomic mass is 35.5. The van der Waals surface area contributed by atoms with Crippen LogP contribution in [0, 0.1) is 6.92 Å². The fraction of sp³-hybridized carbons (Fsp3) is 0.308. The molecule has 0 aliphatic heterocycles. The number of aromatic nitrogens is 2. The first-order valence-corrected chi connectivity index (χ1v) is 6.04. The van der Waals surface area contributed by atoms with Crippen LogP contribution in [0.5, 0.6) is 0 Å². The molecule has 0 saturated carbocycles. The van der Waals surface area contributed by atoms with Gasteiger partial charge in [0.1, 0.15) is 0 Å². The maximum atomic E-state index is 5.95. The predicted molar refractivity (Wildman–Crippen MR) is 71.7 cm³/mol. The molecule has 17 heavy (non-hydrogen) atoms. The molecule has 1 aromatic carbocycles. The lowest BCUT2D eigenvalue weighted by atomic mass is 10.1. The van der Waals surface area contributed by atoms with E-state index in [1.165, 1.54) is 5.56 Å². The zero-order chi connectivity index (χ0) is 12.3. The van der Waals surface area contributed by atoms with Gasteiger partial charge in [-0.05, 0) is 37.5 Å². The van der Waals surface area contributed by atoms with Crippen molar-refractivity contribution in [3.05, 3.63) is 46.2 Å². The minimum absolute atomic E-state index is 0.789. The molecule has 0 aliphatic carbocycles. The standard InChI is InChI=1S/C13H16ClN3/c1-9-12(17-13(15-2)16-9)7-6-10-4-3-5-11(14)8-10/h3-5,8H,6-7H2,1-2H3,(H2,15,16,17). The Bertz CT molecular complexity index is 505. The monoisotopic (exact) mass is 249 g/mol. The van der Waals surface area contributed by atoms with Crippen molar-refractivity contribution in [1.29, 1.82) is 0 Å². The van der Waals surface area contributed by atoms with Gasteiger partial charge in [0.15, 0.2) is 5.95 Å². The first kappa shape index (κ1) is 12.0. The summed E-state index contributed by atoms with van der Waals surface area (Å²) in [5.41, 5.74) is 3.47. The second kappa shape index (κ2) is 5.23. The van der Waals surface area contributed by atoms with Crippen molar-refractivity contribution in [2.45, 2.75) is 19.8 Å². The van der Waals surface area contributed by atoms with Crippen LogP contribution in [-0.4, -0.2) is 17.0 Å². The van der Waals surface area contributed by atoms with Crippen LogP contribution in [0.15, 0.2) is 24.3 Å². The molecule has 0 radical (unpaired) electrons. The molecule has 1 heterocycles. The van der Waals surface area contributed by atoms with E-state index in [1.807, 2.05) is 32.2 Å². The Balaban J connectivity index is 2.04. The molecule has 0 amide bonds. The van der Waals surface area contributed by atoms with E-state index < -0.39 is 0 Å². The summed E-state index contributed by atoms with van der Waals surface area (Å²) in [4.78, 5) is 7.66. The minimum Gasteiger partial charge on any atom is -0.359 e. The maximum Gasteiger partial charge on any atom is 0.200 e. The van der Waals surface area contributed by atoms with E-state index >= 15 is 0 Å². The van der Waals surface area contributed by atoms with Crippen molar-refractivity contribution in [2.75, 3.05) is 12.4 Å². The number of benzene rings is 1. The van der Waals surface area contributed by atoms with Crippen molar-refractivity contribution >= 4 is 17.5 Å². The number of aryl methyl sites for hydroxylation is 3. The summed E-state index contributed by atoms with van der Waals surface area (Å²) in [5.74, 6) is 0.823. The molecule has 0 unspecified atom stereocenters. The number of nitrogens with one attached hydrogen (secondary N) is 2. The lowest BCUT2D eigenvalue weighted by Gasteiger charge is -2.00. The quantitative estimate of drug-likeness (QED) is 0.874. The maximum absolute atomic E-state index is 5.95. The molecule has 0 saturated heterocycles. The molecule has 0 spiro atoms. The SMILES string of the molecule is CNc1nc(CCc2cccc(Cl)c2)c(C)[nH]1. The summed E-state index contributed by atoms with van der Waals surface area (Å²) in [7, 11) is 1.86. The molecule has 0 aliphatic rings. The fourth-order valence-corrected chi connectivity index (χ4v) is 2.03. The van der Waals surface area contributed by atoms with E-state index in [-0.39, 0.29) is 0 Å². The highest BCUT2D eigenvalue weighted by Crippen LogP contribution is 2.15. The largest absolute Gasteiger partial charge is 0.359 e. The summed E-state index contributed by atoms with van der Waals surface area (Å²) in [6.07, 6.45) is 1.87. The van der Waals surface area contributed by atoms with Crippen LogP contribution in [0.25, 0.3) is 0 Å². The van der Waals surface area contributed by atoms with Crippen molar-refractivity contribution in [2.24, 2.45) is 0 Å². The van der Waals surface area contributed by atoms with Crippen LogP contribution in [-0.2, 0) is 12.8 Å². The van der Waals surface area contributed by atoms with Crippen molar-refractivity contribution < 1.29 is 0 Å². The van der Waals surface area contributed by atoms with Crippen LogP contribution >= 0.6 is 11.6 Å². The number of aromatic amines is 1. The second-order valence-corrected chi connectivity index (χ2v) is 4.47. The number of imidazole rings is 1. The summed E-state index contributed by atoms with van der Waals surface area (Å²) in [5, 5.41) is 3.80. The van der Waals surface area contributed by atoms with Gasteiger partial charge in [0.25, 0.3) is 0 Å². The number of halogens is 1. The van der Waals surface area contributed by atoms with Crippen LogP contribution < -0.4 is 5.32 Å². The van der Waals surface area contributed by atoms with Gasteiger partial charge in [-0.25, -0.2) is 4.98 Å². The Hall–Kier alpha value is -1.48. The van der Waals surface area contributed by atoms with Crippen molar-refractivity contribution in [3.63, 3.8) is 0 Å². The molecular formula is C13H16ClN3. The number of anilines is 1. The second-order valence-electron chi connectivity index (χ2n) is 4.04. The molecule has 0 fully saturated rings. The third kappa shape index (κ3) is 3.01. The molecule has 0 bridgehead atoms. The van der Waals surface area contributed by atoms with Gasteiger partial charge in [-0.3, -0.25) is 0 Å². The molecule has 2 N–H and O–H groups in total. The zero-order valence-electron chi connectivity index (χ0n) is 10.0. The predicted octanol–water partition coefficient (Wildman–Crippen LogP) is 3.20. The number of rotatable bonds is 4. The van der Waals surface area contributed by atoms with E-state index in [9.17, 15) is 0 Å².